The fourth-order valence-electron chi connectivity index (χ4n) is 2.15. The maximum Gasteiger partial charge on any atom is 0.313 e. The van der Waals surface area contributed by atoms with E-state index in [9.17, 15) is 9.59 Å². The van der Waals surface area contributed by atoms with Crippen molar-refractivity contribution in [1.82, 2.24) is 5.32 Å². The average molecular weight is 327 g/mol. The van der Waals surface area contributed by atoms with E-state index in [0.717, 1.165) is 17.0 Å². The summed E-state index contributed by atoms with van der Waals surface area (Å²) in [5.41, 5.74) is 2.30. The highest BCUT2D eigenvalue weighted by Crippen LogP contribution is 2.23. The van der Waals surface area contributed by atoms with Gasteiger partial charge in [0, 0.05) is 20.6 Å². The summed E-state index contributed by atoms with van der Waals surface area (Å²) in [5, 5.41) is 5.23. The highest BCUT2D eigenvalue weighted by atomic mass is 16.5. The molecule has 0 aromatic heterocycles. The van der Waals surface area contributed by atoms with E-state index in [1.165, 1.54) is 0 Å². The molecular weight excluding hydrogens is 306 g/mol. The van der Waals surface area contributed by atoms with Crippen LogP contribution in [0.25, 0.3) is 0 Å². The first-order chi connectivity index (χ1) is 11.5. The Bertz CT molecular complexity index is 712. The van der Waals surface area contributed by atoms with Crippen molar-refractivity contribution in [3.63, 3.8) is 0 Å². The predicted octanol–water partition coefficient (Wildman–Crippen LogP) is 2.02. The third-order valence-corrected chi connectivity index (χ3v) is 3.45. The predicted molar refractivity (Wildman–Crippen MR) is 94.2 cm³/mol. The van der Waals surface area contributed by atoms with Crippen LogP contribution in [-0.4, -0.2) is 33.0 Å². The third-order valence-electron chi connectivity index (χ3n) is 3.45. The number of benzene rings is 2. The molecule has 2 rings (SSSR count). The lowest BCUT2D eigenvalue weighted by atomic mass is 10.2. The molecule has 0 saturated carbocycles. The first kappa shape index (κ1) is 17.3. The van der Waals surface area contributed by atoms with E-state index in [1.807, 2.05) is 43.3 Å². The molecule has 126 valence electrons. The molecule has 0 aliphatic carbocycles. The smallest absolute Gasteiger partial charge is 0.313 e. The summed E-state index contributed by atoms with van der Waals surface area (Å²) in [7, 11) is 5.33. The van der Waals surface area contributed by atoms with Gasteiger partial charge in [-0.2, -0.15) is 0 Å². The molecule has 6 nitrogen and oxygen atoms in total. The topological polar surface area (TPSA) is 70.7 Å². The Labute approximate surface area is 141 Å². The van der Waals surface area contributed by atoms with Gasteiger partial charge in [-0.15, -0.1) is 0 Å². The van der Waals surface area contributed by atoms with Crippen molar-refractivity contribution in [3.8, 4) is 5.75 Å². The number of nitrogens with one attached hydrogen (secondary N) is 2. The summed E-state index contributed by atoms with van der Waals surface area (Å²) in [5.74, 6) is -0.639. The Morgan fingerprint density at radius 3 is 2.29 bits per heavy atom. The molecule has 0 atom stereocenters. The number of anilines is 2. The highest BCUT2D eigenvalue weighted by Gasteiger charge is 2.15. The molecule has 2 aromatic carbocycles. The number of methoxy groups -OCH3 is 1. The van der Waals surface area contributed by atoms with Crippen molar-refractivity contribution in [2.75, 3.05) is 31.4 Å². The van der Waals surface area contributed by atoms with Gasteiger partial charge in [-0.25, -0.2) is 0 Å². The van der Waals surface area contributed by atoms with Crippen LogP contribution < -0.4 is 20.3 Å². The average Bonchev–Trinajstić information content (AvgIpc) is 2.60. The lowest BCUT2D eigenvalue weighted by Crippen LogP contribution is -2.35. The van der Waals surface area contributed by atoms with E-state index < -0.39 is 11.8 Å². The van der Waals surface area contributed by atoms with E-state index >= 15 is 0 Å². The van der Waals surface area contributed by atoms with Gasteiger partial charge in [0.05, 0.1) is 18.5 Å². The Hall–Kier alpha value is -3.02. The molecule has 6 heteroatoms. The molecule has 0 aliphatic rings. The minimum atomic E-state index is -0.696. The number of hydrogen-bond acceptors (Lipinski definition) is 4. The van der Waals surface area contributed by atoms with Gasteiger partial charge in [0.15, 0.2) is 0 Å². The van der Waals surface area contributed by atoms with Gasteiger partial charge in [0.2, 0.25) is 0 Å². The van der Waals surface area contributed by atoms with E-state index in [1.54, 1.807) is 31.4 Å². The van der Waals surface area contributed by atoms with Crippen molar-refractivity contribution in [2.45, 2.75) is 6.54 Å². The maximum atomic E-state index is 12.0. The van der Waals surface area contributed by atoms with Crippen LogP contribution in [0, 0.1) is 0 Å². The second-order valence-corrected chi connectivity index (χ2v) is 5.40. The number of carbonyl (C=O) groups excluding carboxylic acids is 2. The van der Waals surface area contributed by atoms with Crippen LogP contribution >= 0.6 is 0 Å². The SMILES string of the molecule is COc1ccc(CNC(=O)C(=O)Nc2ccccc2N(C)C)cc1. The Morgan fingerprint density at radius 2 is 1.67 bits per heavy atom. The highest BCUT2D eigenvalue weighted by molar-refractivity contribution is 6.39. The lowest BCUT2D eigenvalue weighted by molar-refractivity contribution is -0.136. The molecule has 0 spiro atoms. The van der Waals surface area contributed by atoms with Crippen molar-refractivity contribution in [1.29, 1.82) is 0 Å². The van der Waals surface area contributed by atoms with Crippen LogP contribution in [0.2, 0.25) is 0 Å². The van der Waals surface area contributed by atoms with Crippen LogP contribution in [0.5, 0.6) is 5.75 Å². The summed E-state index contributed by atoms with van der Waals surface area (Å²) in [6, 6.07) is 14.6. The summed E-state index contributed by atoms with van der Waals surface area (Å²) in [4.78, 5) is 25.9. The minimum Gasteiger partial charge on any atom is -0.497 e. The summed E-state index contributed by atoms with van der Waals surface area (Å²) in [6.07, 6.45) is 0. The summed E-state index contributed by atoms with van der Waals surface area (Å²) < 4.78 is 5.07. The van der Waals surface area contributed by atoms with Gasteiger partial charge in [0.25, 0.3) is 0 Å². The van der Waals surface area contributed by atoms with E-state index in [-0.39, 0.29) is 6.54 Å². The number of ether oxygens (including phenoxy) is 1. The van der Waals surface area contributed by atoms with Crippen LogP contribution in [0.4, 0.5) is 11.4 Å². The minimum absolute atomic E-state index is 0.269. The molecule has 0 aliphatic heterocycles. The van der Waals surface area contributed by atoms with Crippen molar-refractivity contribution in [3.05, 3.63) is 54.1 Å². The van der Waals surface area contributed by atoms with Gasteiger partial charge in [-0.1, -0.05) is 24.3 Å². The van der Waals surface area contributed by atoms with Crippen molar-refractivity contribution < 1.29 is 14.3 Å². The van der Waals surface area contributed by atoms with Crippen molar-refractivity contribution >= 4 is 23.2 Å². The molecule has 0 radical (unpaired) electrons. The zero-order chi connectivity index (χ0) is 17.5. The van der Waals surface area contributed by atoms with E-state index in [2.05, 4.69) is 10.6 Å². The monoisotopic (exact) mass is 327 g/mol. The van der Waals surface area contributed by atoms with Crippen LogP contribution in [0.1, 0.15) is 5.56 Å². The molecule has 0 bridgehead atoms. The maximum absolute atomic E-state index is 12.0. The number of rotatable bonds is 5. The van der Waals surface area contributed by atoms with Crippen molar-refractivity contribution in [2.24, 2.45) is 0 Å². The Morgan fingerprint density at radius 1 is 1.00 bits per heavy atom. The van der Waals surface area contributed by atoms with Crippen LogP contribution in [-0.2, 0) is 16.1 Å². The molecule has 2 amide bonds. The molecule has 0 saturated heterocycles. The van der Waals surface area contributed by atoms with Gasteiger partial charge in [0.1, 0.15) is 5.75 Å². The number of amides is 2. The Balaban J connectivity index is 1.94. The van der Waals surface area contributed by atoms with Gasteiger partial charge in [-0.3, -0.25) is 9.59 Å². The lowest BCUT2D eigenvalue weighted by Gasteiger charge is -2.17. The summed E-state index contributed by atoms with van der Waals surface area (Å²) >= 11 is 0. The van der Waals surface area contributed by atoms with Gasteiger partial charge in [-0.05, 0) is 29.8 Å². The molecule has 0 unspecified atom stereocenters. The second kappa shape index (κ2) is 8.01. The fraction of sp³-hybridized carbons (Fsp3) is 0.222. The molecule has 0 heterocycles. The fourth-order valence-corrected chi connectivity index (χ4v) is 2.15. The van der Waals surface area contributed by atoms with Crippen LogP contribution in [0.3, 0.4) is 0 Å². The molecule has 2 aromatic rings. The van der Waals surface area contributed by atoms with Gasteiger partial charge >= 0.3 is 11.8 Å². The zero-order valence-electron chi connectivity index (χ0n) is 14.0. The standard InChI is InChI=1S/C18H21N3O3/c1-21(2)16-7-5-4-6-15(16)20-18(23)17(22)19-12-13-8-10-14(24-3)11-9-13/h4-11H,12H2,1-3H3,(H,19,22)(H,20,23). The summed E-state index contributed by atoms with van der Waals surface area (Å²) in [6.45, 7) is 0.269. The number of carbonyl (C=O) groups is 2. The second-order valence-electron chi connectivity index (χ2n) is 5.40. The molecule has 2 N–H and O–H groups in total. The van der Waals surface area contributed by atoms with E-state index in [0.29, 0.717) is 5.69 Å². The Kier molecular flexibility index (Phi) is 5.78. The van der Waals surface area contributed by atoms with Crippen LogP contribution in [0.15, 0.2) is 48.5 Å². The first-order valence-corrected chi connectivity index (χ1v) is 7.49. The zero-order valence-corrected chi connectivity index (χ0v) is 14.0. The molecule has 0 fully saturated rings. The van der Waals surface area contributed by atoms with Gasteiger partial charge < -0.3 is 20.3 Å². The normalized spacial score (nSPS) is 9.96. The van der Waals surface area contributed by atoms with E-state index in [4.69, 9.17) is 4.74 Å². The number of hydrogen-bond donors (Lipinski definition) is 2. The largest absolute Gasteiger partial charge is 0.497 e. The quantitative estimate of drug-likeness (QED) is 0.824. The molecular formula is C18H21N3O3. The number of nitrogens with zero attached hydrogens (tertiary/aromatic N) is 1. The number of para-hydroxylation sites is 2. The first-order valence-electron chi connectivity index (χ1n) is 7.49. The molecule has 24 heavy (non-hydrogen) atoms. The third kappa shape index (κ3) is 4.49.